The Balaban J connectivity index is 2.60. The van der Waals surface area contributed by atoms with Crippen LogP contribution in [0.5, 0.6) is 0 Å². The molecule has 0 atom stereocenters. The molecule has 0 aliphatic heterocycles. The summed E-state index contributed by atoms with van der Waals surface area (Å²) in [5.41, 5.74) is 3.02. The molecule has 0 amide bonds. The largest absolute Gasteiger partial charge is 0.256 e. The second-order valence-corrected chi connectivity index (χ2v) is 4.30. The summed E-state index contributed by atoms with van der Waals surface area (Å²) < 4.78 is 0. The minimum Gasteiger partial charge on any atom is -0.256 e. The first-order valence-electron chi connectivity index (χ1n) is 5.26. The van der Waals surface area contributed by atoms with Crippen LogP contribution in [0.25, 0.3) is 11.3 Å². The molecule has 2 rings (SSSR count). The summed E-state index contributed by atoms with van der Waals surface area (Å²) in [5.74, 6) is 0.417. The van der Waals surface area contributed by atoms with E-state index in [1.807, 2.05) is 18.2 Å². The molecule has 16 heavy (non-hydrogen) atoms. The lowest BCUT2D eigenvalue weighted by Crippen LogP contribution is -1.96. The van der Waals surface area contributed by atoms with Gasteiger partial charge in [0, 0.05) is 18.0 Å². The highest BCUT2D eigenvalue weighted by atomic mass is 35.5. The van der Waals surface area contributed by atoms with E-state index in [2.05, 4.69) is 29.9 Å². The van der Waals surface area contributed by atoms with E-state index in [-0.39, 0.29) is 0 Å². The third kappa shape index (κ3) is 2.07. The Bertz CT molecular complexity index is 495. The third-order valence-corrected chi connectivity index (χ3v) is 2.78. The molecule has 0 radical (unpaired) electrons. The van der Waals surface area contributed by atoms with Crippen LogP contribution in [-0.4, -0.2) is 9.97 Å². The zero-order valence-electron chi connectivity index (χ0n) is 9.31. The molecule has 0 aliphatic rings. The summed E-state index contributed by atoms with van der Waals surface area (Å²) in [6, 6.07) is 7.85. The van der Waals surface area contributed by atoms with Crippen molar-refractivity contribution in [3.63, 3.8) is 0 Å². The van der Waals surface area contributed by atoms with Gasteiger partial charge in [0.05, 0.1) is 5.69 Å². The van der Waals surface area contributed by atoms with Gasteiger partial charge in [-0.3, -0.25) is 4.98 Å². The number of rotatable bonds is 2. The molecule has 0 spiro atoms. The van der Waals surface area contributed by atoms with Gasteiger partial charge in [-0.05, 0) is 29.7 Å². The van der Waals surface area contributed by atoms with Crippen molar-refractivity contribution in [2.75, 3.05) is 0 Å². The van der Waals surface area contributed by atoms with E-state index in [0.717, 1.165) is 11.3 Å². The number of pyridine rings is 2. The fourth-order valence-corrected chi connectivity index (χ4v) is 1.88. The van der Waals surface area contributed by atoms with E-state index in [1.165, 1.54) is 5.56 Å². The molecule has 2 nitrogen and oxygen atoms in total. The molecule has 0 bridgehead atoms. The first-order valence-corrected chi connectivity index (χ1v) is 5.63. The molecule has 0 unspecified atom stereocenters. The van der Waals surface area contributed by atoms with Crippen molar-refractivity contribution in [2.45, 2.75) is 19.8 Å². The summed E-state index contributed by atoms with van der Waals surface area (Å²) in [6.07, 6.45) is 3.47. The smallest absolute Gasteiger partial charge is 0.138 e. The topological polar surface area (TPSA) is 25.8 Å². The Morgan fingerprint density at radius 2 is 1.75 bits per heavy atom. The Morgan fingerprint density at radius 3 is 2.44 bits per heavy atom. The maximum absolute atomic E-state index is 6.08. The summed E-state index contributed by atoms with van der Waals surface area (Å²) >= 11 is 6.08. The number of nitrogens with zero attached hydrogens (tertiary/aromatic N) is 2. The molecule has 0 fully saturated rings. The summed E-state index contributed by atoms with van der Waals surface area (Å²) in [4.78, 5) is 8.49. The highest BCUT2D eigenvalue weighted by Crippen LogP contribution is 2.30. The maximum Gasteiger partial charge on any atom is 0.138 e. The van der Waals surface area contributed by atoms with Gasteiger partial charge < -0.3 is 0 Å². The second-order valence-electron chi connectivity index (χ2n) is 3.94. The highest BCUT2D eigenvalue weighted by Gasteiger charge is 2.12. The number of halogens is 1. The lowest BCUT2D eigenvalue weighted by Gasteiger charge is -2.11. The minimum atomic E-state index is 0.417. The molecule has 2 aromatic heterocycles. The van der Waals surface area contributed by atoms with Crippen LogP contribution in [0.15, 0.2) is 36.7 Å². The van der Waals surface area contributed by atoms with Crippen molar-refractivity contribution in [1.29, 1.82) is 0 Å². The Kier molecular flexibility index (Phi) is 3.20. The van der Waals surface area contributed by atoms with Gasteiger partial charge in [0.2, 0.25) is 0 Å². The van der Waals surface area contributed by atoms with E-state index < -0.39 is 0 Å². The molecule has 82 valence electrons. The lowest BCUT2D eigenvalue weighted by molar-refractivity contribution is 0.861. The first kappa shape index (κ1) is 11.1. The van der Waals surface area contributed by atoms with Gasteiger partial charge in [-0.15, -0.1) is 0 Å². The fourth-order valence-electron chi connectivity index (χ4n) is 1.67. The maximum atomic E-state index is 6.08. The molecule has 0 aliphatic carbocycles. The van der Waals surface area contributed by atoms with Gasteiger partial charge in [0.1, 0.15) is 5.15 Å². The number of hydrogen-bond acceptors (Lipinski definition) is 2. The summed E-state index contributed by atoms with van der Waals surface area (Å²) in [7, 11) is 0. The van der Waals surface area contributed by atoms with Crippen LogP contribution in [0.4, 0.5) is 0 Å². The van der Waals surface area contributed by atoms with E-state index >= 15 is 0 Å². The molecule has 3 heteroatoms. The van der Waals surface area contributed by atoms with Crippen LogP contribution < -0.4 is 0 Å². The van der Waals surface area contributed by atoms with Gasteiger partial charge in [0.15, 0.2) is 0 Å². The Morgan fingerprint density at radius 1 is 1.06 bits per heavy atom. The van der Waals surface area contributed by atoms with Crippen molar-refractivity contribution in [3.8, 4) is 11.3 Å². The van der Waals surface area contributed by atoms with Gasteiger partial charge in [-0.1, -0.05) is 31.5 Å². The highest BCUT2D eigenvalue weighted by molar-refractivity contribution is 6.32. The zero-order chi connectivity index (χ0) is 11.5. The fraction of sp³-hybridized carbons (Fsp3) is 0.231. The van der Waals surface area contributed by atoms with Crippen molar-refractivity contribution in [3.05, 3.63) is 47.4 Å². The van der Waals surface area contributed by atoms with Crippen LogP contribution in [0.2, 0.25) is 5.15 Å². The quantitative estimate of drug-likeness (QED) is 0.734. The van der Waals surface area contributed by atoms with Crippen LogP contribution in [0.1, 0.15) is 25.3 Å². The van der Waals surface area contributed by atoms with E-state index in [4.69, 9.17) is 11.6 Å². The number of hydrogen-bond donors (Lipinski definition) is 0. The monoisotopic (exact) mass is 232 g/mol. The van der Waals surface area contributed by atoms with E-state index in [0.29, 0.717) is 11.1 Å². The zero-order valence-corrected chi connectivity index (χ0v) is 10.1. The minimum absolute atomic E-state index is 0.417. The molecule has 0 saturated carbocycles. The van der Waals surface area contributed by atoms with Gasteiger partial charge >= 0.3 is 0 Å². The van der Waals surface area contributed by atoms with Crippen molar-refractivity contribution < 1.29 is 0 Å². The molecule has 2 aromatic rings. The van der Waals surface area contributed by atoms with E-state index in [9.17, 15) is 0 Å². The normalized spacial score (nSPS) is 10.8. The van der Waals surface area contributed by atoms with Crippen LogP contribution in [0.3, 0.4) is 0 Å². The van der Waals surface area contributed by atoms with Crippen LogP contribution >= 0.6 is 11.6 Å². The first-order chi connectivity index (χ1) is 7.70. The second kappa shape index (κ2) is 4.62. The molecular formula is C13H13ClN2. The molecule has 2 heterocycles. The Labute approximate surface area is 100 Å². The average Bonchev–Trinajstić information content (AvgIpc) is 2.29. The van der Waals surface area contributed by atoms with Crippen LogP contribution in [0, 0.1) is 0 Å². The summed E-state index contributed by atoms with van der Waals surface area (Å²) in [5, 5.41) is 0.503. The number of aromatic nitrogens is 2. The third-order valence-electron chi connectivity index (χ3n) is 2.48. The van der Waals surface area contributed by atoms with Gasteiger partial charge in [-0.2, -0.15) is 0 Å². The van der Waals surface area contributed by atoms with Crippen molar-refractivity contribution in [1.82, 2.24) is 9.97 Å². The van der Waals surface area contributed by atoms with Gasteiger partial charge in [-0.25, -0.2) is 4.98 Å². The van der Waals surface area contributed by atoms with E-state index in [1.54, 1.807) is 12.4 Å². The molecule has 0 saturated heterocycles. The predicted octanol–water partition coefficient (Wildman–Crippen LogP) is 3.92. The SMILES string of the molecule is CC(C)c1cccnc1-c1cccnc1Cl. The standard InChI is InChI=1S/C13H13ClN2/c1-9(2)10-5-3-7-15-12(10)11-6-4-8-16-13(11)14/h3-9H,1-2H3. The Hall–Kier alpha value is -1.41. The van der Waals surface area contributed by atoms with Crippen molar-refractivity contribution in [2.24, 2.45) is 0 Å². The van der Waals surface area contributed by atoms with Crippen molar-refractivity contribution >= 4 is 11.6 Å². The molecule has 0 N–H and O–H groups in total. The molecule has 0 aromatic carbocycles. The average molecular weight is 233 g/mol. The van der Waals surface area contributed by atoms with Gasteiger partial charge in [0.25, 0.3) is 0 Å². The summed E-state index contributed by atoms with van der Waals surface area (Å²) in [6.45, 7) is 4.29. The molecular weight excluding hydrogens is 220 g/mol. The van der Waals surface area contributed by atoms with Crippen LogP contribution in [-0.2, 0) is 0 Å². The lowest BCUT2D eigenvalue weighted by atomic mass is 9.98. The predicted molar refractivity (Wildman–Crippen MR) is 66.6 cm³/mol.